The van der Waals surface area contributed by atoms with Gasteiger partial charge in [-0.3, -0.25) is 14.3 Å². The van der Waals surface area contributed by atoms with Gasteiger partial charge in [0.05, 0.1) is 6.04 Å². The molecule has 2 aromatic heterocycles. The first-order chi connectivity index (χ1) is 9.01. The summed E-state index contributed by atoms with van der Waals surface area (Å²) in [6, 6.07) is -0.0330. The molecule has 0 saturated heterocycles. The van der Waals surface area contributed by atoms with Crippen LogP contribution < -0.4 is 11.2 Å². The first kappa shape index (κ1) is 13.3. The van der Waals surface area contributed by atoms with Crippen molar-refractivity contribution in [3.05, 3.63) is 39.3 Å². The molecular weight excluding hydrogens is 244 g/mol. The van der Waals surface area contributed by atoms with Crippen molar-refractivity contribution < 1.29 is 0 Å². The fourth-order valence-corrected chi connectivity index (χ4v) is 2.29. The Labute approximate surface area is 110 Å². The number of aryl methyl sites for hydroxylation is 2. The summed E-state index contributed by atoms with van der Waals surface area (Å²) in [5.41, 5.74) is 0.0435. The second-order valence-electron chi connectivity index (χ2n) is 4.59. The maximum Gasteiger partial charge on any atom is 0.330 e. The van der Waals surface area contributed by atoms with Crippen LogP contribution in [0.5, 0.6) is 0 Å². The number of hydrogen-bond donors (Lipinski definition) is 1. The summed E-state index contributed by atoms with van der Waals surface area (Å²) in [5.74, 6) is 0.698. The lowest BCUT2D eigenvalue weighted by atomic mass is 10.3. The molecule has 0 bridgehead atoms. The van der Waals surface area contributed by atoms with E-state index in [1.54, 1.807) is 10.6 Å². The molecule has 0 spiro atoms. The Bertz CT molecular complexity index is 735. The van der Waals surface area contributed by atoms with Crippen LogP contribution in [-0.2, 0) is 6.54 Å². The van der Waals surface area contributed by atoms with E-state index in [9.17, 15) is 9.59 Å². The maximum absolute atomic E-state index is 12.0. The minimum Gasteiger partial charge on any atom is -0.307 e. The van der Waals surface area contributed by atoms with Gasteiger partial charge in [0.15, 0.2) is 11.2 Å². The fourth-order valence-electron chi connectivity index (χ4n) is 2.29. The molecule has 2 rings (SSSR count). The lowest BCUT2D eigenvalue weighted by Gasteiger charge is -2.14. The number of rotatable bonds is 4. The predicted molar refractivity (Wildman–Crippen MR) is 74.5 cm³/mol. The fraction of sp³-hybridized carbons (Fsp3) is 0.462. The molecule has 6 heteroatoms. The van der Waals surface area contributed by atoms with E-state index in [1.165, 1.54) is 0 Å². The molecule has 2 heterocycles. The van der Waals surface area contributed by atoms with E-state index in [0.717, 1.165) is 6.42 Å². The molecule has 0 amide bonds. The van der Waals surface area contributed by atoms with Gasteiger partial charge in [-0.1, -0.05) is 13.0 Å². The molecule has 0 aliphatic carbocycles. The van der Waals surface area contributed by atoms with Crippen molar-refractivity contribution in [3.63, 3.8) is 0 Å². The van der Waals surface area contributed by atoms with Crippen LogP contribution in [0.2, 0.25) is 0 Å². The van der Waals surface area contributed by atoms with E-state index in [1.807, 2.05) is 25.3 Å². The largest absolute Gasteiger partial charge is 0.330 e. The molecule has 0 aliphatic rings. The number of allylic oxidation sites excluding steroid dienone is 1. The number of hydrogen-bond acceptors (Lipinski definition) is 3. The van der Waals surface area contributed by atoms with Crippen LogP contribution in [0.4, 0.5) is 0 Å². The molecule has 0 aromatic carbocycles. The van der Waals surface area contributed by atoms with E-state index < -0.39 is 11.2 Å². The van der Waals surface area contributed by atoms with Gasteiger partial charge in [-0.05, 0) is 20.3 Å². The molecule has 1 unspecified atom stereocenters. The number of H-pyrrole nitrogens is 1. The monoisotopic (exact) mass is 262 g/mol. The van der Waals surface area contributed by atoms with E-state index >= 15 is 0 Å². The Morgan fingerprint density at radius 3 is 2.74 bits per heavy atom. The van der Waals surface area contributed by atoms with Gasteiger partial charge in [-0.15, -0.1) is 6.58 Å². The number of nitrogens with zero attached hydrogens (tertiary/aromatic N) is 3. The van der Waals surface area contributed by atoms with Gasteiger partial charge < -0.3 is 4.57 Å². The number of fused-ring (bicyclic) bond motifs is 1. The van der Waals surface area contributed by atoms with Gasteiger partial charge >= 0.3 is 5.69 Å². The van der Waals surface area contributed by atoms with Crippen molar-refractivity contribution in [2.24, 2.45) is 0 Å². The number of aromatic nitrogens is 4. The highest BCUT2D eigenvalue weighted by Gasteiger charge is 2.18. The van der Waals surface area contributed by atoms with E-state index in [2.05, 4.69) is 16.5 Å². The van der Waals surface area contributed by atoms with Crippen LogP contribution in [0.15, 0.2) is 22.2 Å². The van der Waals surface area contributed by atoms with Crippen LogP contribution >= 0.6 is 0 Å². The van der Waals surface area contributed by atoms with Gasteiger partial charge in [0, 0.05) is 6.54 Å². The molecular formula is C13H18N4O2. The molecule has 1 N–H and O–H groups in total. The van der Waals surface area contributed by atoms with Gasteiger partial charge in [0.1, 0.15) is 5.82 Å². The molecule has 1 atom stereocenters. The SMILES string of the molecule is C=CC(C)n1c(C)nc2c(=O)[nH]c(=O)n(CCC)c21. The average Bonchev–Trinajstić information content (AvgIpc) is 2.71. The Balaban J connectivity index is 2.97. The first-order valence-electron chi connectivity index (χ1n) is 6.35. The molecule has 0 saturated carbocycles. The highest BCUT2D eigenvalue weighted by molar-refractivity contribution is 5.71. The summed E-state index contributed by atoms with van der Waals surface area (Å²) >= 11 is 0. The highest BCUT2D eigenvalue weighted by atomic mass is 16.2. The van der Waals surface area contributed by atoms with Crippen LogP contribution in [0.25, 0.3) is 11.2 Å². The smallest absolute Gasteiger partial charge is 0.307 e. The summed E-state index contributed by atoms with van der Waals surface area (Å²) in [7, 11) is 0. The topological polar surface area (TPSA) is 72.7 Å². The van der Waals surface area contributed by atoms with E-state index in [-0.39, 0.29) is 6.04 Å². The minimum absolute atomic E-state index is 0.0330. The Kier molecular flexibility index (Phi) is 3.42. The standard InChI is InChI=1S/C13H18N4O2/c1-5-7-16-12-10(11(18)15-13(16)19)14-9(4)17(12)8(3)6-2/h6,8H,2,5,7H2,1,3-4H3,(H,15,18,19). The molecule has 6 nitrogen and oxygen atoms in total. The van der Waals surface area contributed by atoms with Crippen LogP contribution in [0, 0.1) is 6.92 Å². The first-order valence-corrected chi connectivity index (χ1v) is 6.35. The van der Waals surface area contributed by atoms with Gasteiger partial charge in [0.2, 0.25) is 0 Å². The van der Waals surface area contributed by atoms with Crippen LogP contribution in [0.1, 0.15) is 32.1 Å². The second-order valence-corrected chi connectivity index (χ2v) is 4.59. The summed E-state index contributed by atoms with van der Waals surface area (Å²) in [6.07, 6.45) is 2.56. The zero-order chi connectivity index (χ0) is 14.2. The summed E-state index contributed by atoms with van der Waals surface area (Å²) in [4.78, 5) is 30.4. The third kappa shape index (κ3) is 2.03. The second kappa shape index (κ2) is 4.87. The van der Waals surface area contributed by atoms with Gasteiger partial charge in [-0.2, -0.15) is 0 Å². The minimum atomic E-state index is -0.439. The predicted octanol–water partition coefficient (Wildman–Crippen LogP) is 1.35. The Morgan fingerprint density at radius 2 is 2.16 bits per heavy atom. The molecule has 0 radical (unpaired) electrons. The maximum atomic E-state index is 12.0. The summed E-state index contributed by atoms with van der Waals surface area (Å²) in [6.45, 7) is 10.1. The number of nitrogens with one attached hydrogen (secondary N) is 1. The van der Waals surface area contributed by atoms with E-state index in [4.69, 9.17) is 0 Å². The molecule has 0 fully saturated rings. The zero-order valence-corrected chi connectivity index (χ0v) is 11.4. The third-order valence-corrected chi connectivity index (χ3v) is 3.19. The van der Waals surface area contributed by atoms with Gasteiger partial charge in [-0.25, -0.2) is 9.78 Å². The normalized spacial score (nSPS) is 12.8. The molecule has 102 valence electrons. The van der Waals surface area contributed by atoms with Crippen LogP contribution in [0.3, 0.4) is 0 Å². The molecule has 2 aromatic rings. The Morgan fingerprint density at radius 1 is 1.47 bits per heavy atom. The third-order valence-electron chi connectivity index (χ3n) is 3.19. The van der Waals surface area contributed by atoms with E-state index in [0.29, 0.717) is 23.5 Å². The van der Waals surface area contributed by atoms with Crippen LogP contribution in [-0.4, -0.2) is 19.1 Å². The van der Waals surface area contributed by atoms with Crippen molar-refractivity contribution >= 4 is 11.2 Å². The number of aromatic amines is 1. The molecule has 19 heavy (non-hydrogen) atoms. The Hall–Kier alpha value is -2.11. The zero-order valence-electron chi connectivity index (χ0n) is 11.4. The lowest BCUT2D eigenvalue weighted by molar-refractivity contribution is 0.598. The lowest BCUT2D eigenvalue weighted by Crippen LogP contribution is -2.31. The highest BCUT2D eigenvalue weighted by Crippen LogP contribution is 2.18. The summed E-state index contributed by atoms with van der Waals surface area (Å²) < 4.78 is 3.44. The van der Waals surface area contributed by atoms with Crippen molar-refractivity contribution in [1.82, 2.24) is 19.1 Å². The average molecular weight is 262 g/mol. The van der Waals surface area contributed by atoms with Crippen molar-refractivity contribution in [1.29, 1.82) is 0 Å². The molecule has 0 aliphatic heterocycles. The van der Waals surface area contributed by atoms with Crippen molar-refractivity contribution in [2.75, 3.05) is 0 Å². The van der Waals surface area contributed by atoms with Crippen molar-refractivity contribution in [2.45, 2.75) is 39.8 Å². The quantitative estimate of drug-likeness (QED) is 0.845. The van der Waals surface area contributed by atoms with Gasteiger partial charge in [0.25, 0.3) is 5.56 Å². The number of imidazole rings is 1. The summed E-state index contributed by atoms with van der Waals surface area (Å²) in [5, 5.41) is 0. The van der Waals surface area contributed by atoms with Crippen molar-refractivity contribution in [3.8, 4) is 0 Å².